The molecule has 148 valence electrons. The Hall–Kier alpha value is -3.41. The Labute approximate surface area is 168 Å². The van der Waals surface area contributed by atoms with Crippen LogP contribution in [-0.2, 0) is 19.4 Å². The first kappa shape index (κ1) is 18.9. The van der Waals surface area contributed by atoms with Crippen LogP contribution in [0.5, 0.6) is 5.75 Å². The molecule has 0 bridgehead atoms. The maximum absolute atomic E-state index is 12.0. The number of nitrogens with zero attached hydrogens (tertiary/aromatic N) is 2. The third kappa shape index (κ3) is 3.66. The van der Waals surface area contributed by atoms with E-state index in [2.05, 4.69) is 58.9 Å². The highest BCUT2D eigenvalue weighted by atomic mass is 16.3. The van der Waals surface area contributed by atoms with E-state index in [4.69, 9.17) is 0 Å². The molecule has 2 aromatic carbocycles. The third-order valence-corrected chi connectivity index (χ3v) is 5.56. The van der Waals surface area contributed by atoms with Crippen molar-refractivity contribution in [2.24, 2.45) is 0 Å². The van der Waals surface area contributed by atoms with E-state index in [1.807, 2.05) is 0 Å². The monoisotopic (exact) mass is 389 g/mol. The predicted octanol–water partition coefficient (Wildman–Crippen LogP) is 2.63. The molecule has 1 aliphatic carbocycles. The number of nitrogens with one attached hydrogen (secondary N) is 1. The molecule has 1 amide bonds. The van der Waals surface area contributed by atoms with Gasteiger partial charge in [-0.3, -0.25) is 14.3 Å². The summed E-state index contributed by atoms with van der Waals surface area (Å²) in [4.78, 5) is 23.9. The number of hydrogen-bond donors (Lipinski definition) is 2. The summed E-state index contributed by atoms with van der Waals surface area (Å²) in [6.45, 7) is 0.463. The van der Waals surface area contributed by atoms with Crippen molar-refractivity contribution in [2.45, 2.75) is 31.7 Å². The first-order valence-electron chi connectivity index (χ1n) is 9.77. The molecule has 2 N–H and O–H groups in total. The molecule has 0 fully saturated rings. The summed E-state index contributed by atoms with van der Waals surface area (Å²) in [5.41, 5.74) is 4.23. The Morgan fingerprint density at radius 3 is 2.28 bits per heavy atom. The van der Waals surface area contributed by atoms with Crippen molar-refractivity contribution >= 4 is 5.91 Å². The SMILES string of the molecule is CNC(=O)c1nn(CCC2c3ccccc3CCc3ccccc32)cc(O)c1=O. The number of aryl methyl sites for hydroxylation is 3. The second-order valence-corrected chi connectivity index (χ2v) is 7.27. The molecule has 6 heteroatoms. The summed E-state index contributed by atoms with van der Waals surface area (Å²) in [6, 6.07) is 17.0. The Balaban J connectivity index is 1.69. The zero-order valence-electron chi connectivity index (χ0n) is 16.3. The topological polar surface area (TPSA) is 84.2 Å². The Morgan fingerprint density at radius 2 is 1.69 bits per heavy atom. The molecule has 0 saturated carbocycles. The molecule has 0 spiro atoms. The molecule has 1 aromatic heterocycles. The van der Waals surface area contributed by atoms with Crippen molar-refractivity contribution in [1.82, 2.24) is 15.1 Å². The molecule has 0 aliphatic heterocycles. The van der Waals surface area contributed by atoms with Gasteiger partial charge < -0.3 is 10.4 Å². The summed E-state index contributed by atoms with van der Waals surface area (Å²) in [7, 11) is 1.43. The molecule has 29 heavy (non-hydrogen) atoms. The maximum Gasteiger partial charge on any atom is 0.275 e. The lowest BCUT2D eigenvalue weighted by atomic mass is 9.86. The summed E-state index contributed by atoms with van der Waals surface area (Å²) >= 11 is 0. The van der Waals surface area contributed by atoms with Gasteiger partial charge in [0.05, 0.1) is 6.20 Å². The highest BCUT2D eigenvalue weighted by Gasteiger charge is 2.23. The molecule has 0 unspecified atom stereocenters. The van der Waals surface area contributed by atoms with Gasteiger partial charge in [0.2, 0.25) is 0 Å². The first-order chi connectivity index (χ1) is 14.1. The molecular weight excluding hydrogens is 366 g/mol. The first-order valence-corrected chi connectivity index (χ1v) is 9.77. The number of rotatable bonds is 4. The average molecular weight is 389 g/mol. The molecular formula is C23H23N3O3. The van der Waals surface area contributed by atoms with Gasteiger partial charge >= 0.3 is 0 Å². The number of aromatic hydroxyl groups is 1. The van der Waals surface area contributed by atoms with E-state index in [1.54, 1.807) is 0 Å². The van der Waals surface area contributed by atoms with E-state index in [-0.39, 0.29) is 11.6 Å². The molecule has 0 atom stereocenters. The minimum Gasteiger partial charge on any atom is -0.503 e. The van der Waals surface area contributed by atoms with Crippen molar-refractivity contribution in [3.05, 3.63) is 92.9 Å². The van der Waals surface area contributed by atoms with Crippen LogP contribution in [0, 0.1) is 0 Å². The summed E-state index contributed by atoms with van der Waals surface area (Å²) in [6.07, 6.45) is 4.03. The highest BCUT2D eigenvalue weighted by Crippen LogP contribution is 2.36. The fourth-order valence-corrected chi connectivity index (χ4v) is 4.12. The quantitative estimate of drug-likeness (QED) is 0.718. The van der Waals surface area contributed by atoms with Crippen molar-refractivity contribution in [1.29, 1.82) is 0 Å². The van der Waals surface area contributed by atoms with Crippen LogP contribution in [0.1, 0.15) is 45.1 Å². The van der Waals surface area contributed by atoms with Crippen LogP contribution in [0.25, 0.3) is 0 Å². The second-order valence-electron chi connectivity index (χ2n) is 7.27. The number of hydrogen-bond acceptors (Lipinski definition) is 4. The Morgan fingerprint density at radius 1 is 1.10 bits per heavy atom. The number of benzene rings is 2. The van der Waals surface area contributed by atoms with Crippen LogP contribution in [0.3, 0.4) is 0 Å². The van der Waals surface area contributed by atoms with Crippen LogP contribution in [0.15, 0.2) is 59.5 Å². The highest BCUT2D eigenvalue weighted by molar-refractivity contribution is 5.92. The van der Waals surface area contributed by atoms with E-state index in [9.17, 15) is 14.7 Å². The zero-order valence-corrected chi connectivity index (χ0v) is 16.3. The van der Waals surface area contributed by atoms with Gasteiger partial charge in [-0.15, -0.1) is 0 Å². The van der Waals surface area contributed by atoms with Crippen LogP contribution < -0.4 is 10.7 Å². The van der Waals surface area contributed by atoms with Gasteiger partial charge in [0, 0.05) is 19.5 Å². The van der Waals surface area contributed by atoms with Gasteiger partial charge in [-0.2, -0.15) is 5.10 Å². The average Bonchev–Trinajstić information content (AvgIpc) is 2.91. The van der Waals surface area contributed by atoms with Gasteiger partial charge in [0.15, 0.2) is 11.4 Å². The molecule has 0 radical (unpaired) electrons. The summed E-state index contributed by atoms with van der Waals surface area (Å²) in [5.74, 6) is -0.901. The number of aromatic nitrogens is 2. The molecule has 3 aromatic rings. The van der Waals surface area contributed by atoms with E-state index in [1.165, 1.54) is 40.2 Å². The number of amides is 1. The van der Waals surface area contributed by atoms with Crippen LogP contribution in [-0.4, -0.2) is 27.8 Å². The minimum atomic E-state index is -0.759. The van der Waals surface area contributed by atoms with Gasteiger partial charge in [-0.05, 0) is 41.5 Å². The van der Waals surface area contributed by atoms with Gasteiger partial charge in [0.25, 0.3) is 11.3 Å². The fourth-order valence-electron chi connectivity index (χ4n) is 4.12. The Kier molecular flexibility index (Phi) is 5.16. The van der Waals surface area contributed by atoms with Crippen LogP contribution in [0.2, 0.25) is 0 Å². The predicted molar refractivity (Wildman–Crippen MR) is 110 cm³/mol. The van der Waals surface area contributed by atoms with Gasteiger partial charge in [-0.25, -0.2) is 0 Å². The molecule has 4 rings (SSSR count). The number of carbonyl (C=O) groups is 1. The fraction of sp³-hybridized carbons (Fsp3) is 0.261. The van der Waals surface area contributed by atoms with E-state index >= 15 is 0 Å². The maximum atomic E-state index is 12.0. The second kappa shape index (κ2) is 7.91. The largest absolute Gasteiger partial charge is 0.503 e. The van der Waals surface area contributed by atoms with Crippen molar-refractivity contribution in [3.63, 3.8) is 0 Å². The lowest BCUT2D eigenvalue weighted by Gasteiger charge is -2.21. The van der Waals surface area contributed by atoms with Gasteiger partial charge in [-0.1, -0.05) is 48.5 Å². The summed E-state index contributed by atoms with van der Waals surface area (Å²) < 4.78 is 1.48. The Bertz CT molecular complexity index is 1070. The number of carbonyl (C=O) groups excluding carboxylic acids is 1. The van der Waals surface area contributed by atoms with Crippen molar-refractivity contribution in [2.75, 3.05) is 7.05 Å². The number of fused-ring (bicyclic) bond motifs is 2. The minimum absolute atomic E-state index is 0.178. The van der Waals surface area contributed by atoms with E-state index < -0.39 is 17.1 Å². The zero-order chi connectivity index (χ0) is 20.4. The normalized spacial score (nSPS) is 13.3. The third-order valence-electron chi connectivity index (χ3n) is 5.56. The van der Waals surface area contributed by atoms with E-state index in [0.717, 1.165) is 19.3 Å². The van der Waals surface area contributed by atoms with Crippen LogP contribution in [0.4, 0.5) is 0 Å². The van der Waals surface area contributed by atoms with Crippen LogP contribution >= 0.6 is 0 Å². The van der Waals surface area contributed by atoms with E-state index in [0.29, 0.717) is 6.54 Å². The molecule has 0 saturated heterocycles. The lowest BCUT2D eigenvalue weighted by Crippen LogP contribution is -2.29. The lowest BCUT2D eigenvalue weighted by molar-refractivity contribution is 0.0953. The van der Waals surface area contributed by atoms with Crippen molar-refractivity contribution in [3.8, 4) is 5.75 Å². The standard InChI is InChI=1S/C23H23N3O3/c1-24-23(29)21-22(28)20(27)14-26(25-21)13-12-19-17-8-4-2-6-15(17)10-11-16-7-3-5-9-18(16)19/h2-9,14,19,27H,10-13H2,1H3,(H,24,29). The molecule has 1 aliphatic rings. The molecule has 1 heterocycles. The molecule has 6 nitrogen and oxygen atoms in total. The summed E-state index contributed by atoms with van der Waals surface area (Å²) in [5, 5.41) is 16.5. The smallest absolute Gasteiger partial charge is 0.275 e. The van der Waals surface area contributed by atoms with Crippen molar-refractivity contribution < 1.29 is 9.90 Å². The van der Waals surface area contributed by atoms with Gasteiger partial charge in [0.1, 0.15) is 0 Å².